The van der Waals surface area contributed by atoms with E-state index in [-0.39, 0.29) is 11.9 Å². The fourth-order valence-corrected chi connectivity index (χ4v) is 4.29. The van der Waals surface area contributed by atoms with Crippen molar-refractivity contribution in [3.63, 3.8) is 0 Å². The normalized spacial score (nSPS) is 15.9. The van der Waals surface area contributed by atoms with E-state index in [1.165, 1.54) is 17.8 Å². The van der Waals surface area contributed by atoms with E-state index >= 15 is 0 Å². The lowest BCUT2D eigenvalue weighted by atomic mass is 9.95. The van der Waals surface area contributed by atoms with E-state index in [1.54, 1.807) is 18.3 Å². The maximum atomic E-state index is 13.1. The van der Waals surface area contributed by atoms with E-state index in [4.69, 9.17) is 4.74 Å². The fourth-order valence-electron chi connectivity index (χ4n) is 3.68. The number of aromatic nitrogens is 1. The van der Waals surface area contributed by atoms with Gasteiger partial charge in [0.2, 0.25) is 6.10 Å². The molecule has 1 atom stereocenters. The Kier molecular flexibility index (Phi) is 5.67. The van der Waals surface area contributed by atoms with Crippen LogP contribution in [0, 0.1) is 0 Å². The Hall–Kier alpha value is -2.73. The van der Waals surface area contributed by atoms with E-state index in [0.717, 1.165) is 31.1 Å². The molecular weight excluding hydrogens is 372 g/mol. The van der Waals surface area contributed by atoms with Gasteiger partial charge in [0, 0.05) is 23.2 Å². The molecule has 1 aliphatic rings. The Morgan fingerprint density at radius 2 is 1.89 bits per heavy atom. The predicted octanol–water partition coefficient (Wildman–Crippen LogP) is 4.64. The molecule has 1 amide bonds. The largest absolute Gasteiger partial charge is 0.443 e. The Morgan fingerprint density at radius 1 is 1.07 bits per heavy atom. The van der Waals surface area contributed by atoms with Crippen LogP contribution in [-0.4, -0.2) is 22.9 Å². The number of amides is 1. The highest BCUT2D eigenvalue weighted by Crippen LogP contribution is 2.28. The van der Waals surface area contributed by atoms with Gasteiger partial charge in [0.1, 0.15) is 4.88 Å². The zero-order valence-electron chi connectivity index (χ0n) is 15.5. The molecule has 1 aliphatic carbocycles. The molecule has 1 aromatic carbocycles. The minimum Gasteiger partial charge on any atom is -0.443 e. The number of pyridine rings is 1. The van der Waals surface area contributed by atoms with Gasteiger partial charge in [-0.2, -0.15) is 0 Å². The number of rotatable bonds is 5. The number of nitrogens with one attached hydrogen (secondary N) is 1. The summed E-state index contributed by atoms with van der Waals surface area (Å²) in [7, 11) is 0. The number of benzene rings is 1. The highest BCUT2D eigenvalue weighted by atomic mass is 32.1. The van der Waals surface area contributed by atoms with E-state index < -0.39 is 12.1 Å². The molecule has 0 saturated heterocycles. The molecule has 1 N–H and O–H groups in total. The number of nitrogens with zero attached hydrogens (tertiary/aromatic N) is 1. The Balaban J connectivity index is 1.65. The zero-order chi connectivity index (χ0) is 19.3. The van der Waals surface area contributed by atoms with Crippen LogP contribution < -0.4 is 5.32 Å². The number of hydrogen-bond donors (Lipinski definition) is 1. The number of para-hydroxylation sites is 1. The number of carbonyl (C=O) groups excluding carboxylic acids is 2. The first-order valence-corrected chi connectivity index (χ1v) is 10.5. The van der Waals surface area contributed by atoms with Gasteiger partial charge < -0.3 is 10.1 Å². The molecule has 2 aromatic heterocycles. The molecule has 5 nitrogen and oxygen atoms in total. The van der Waals surface area contributed by atoms with Crippen molar-refractivity contribution in [3.05, 3.63) is 64.5 Å². The second-order valence-electron chi connectivity index (χ2n) is 7.03. The first-order chi connectivity index (χ1) is 13.7. The summed E-state index contributed by atoms with van der Waals surface area (Å²) in [5.74, 6) is -0.776. The molecule has 3 aromatic rings. The van der Waals surface area contributed by atoms with Crippen LogP contribution in [0.1, 0.15) is 53.4 Å². The van der Waals surface area contributed by atoms with Gasteiger partial charge in [0.05, 0.1) is 5.52 Å². The smallest absolute Gasteiger partial charge is 0.349 e. The van der Waals surface area contributed by atoms with Crippen LogP contribution in [-0.2, 0) is 9.53 Å². The van der Waals surface area contributed by atoms with Crippen molar-refractivity contribution in [2.75, 3.05) is 0 Å². The zero-order valence-corrected chi connectivity index (χ0v) is 16.3. The van der Waals surface area contributed by atoms with Crippen molar-refractivity contribution in [2.45, 2.75) is 44.2 Å². The summed E-state index contributed by atoms with van der Waals surface area (Å²) in [6.07, 6.45) is 6.01. The highest BCUT2D eigenvalue weighted by Gasteiger charge is 2.30. The van der Waals surface area contributed by atoms with Crippen LogP contribution >= 0.6 is 11.3 Å². The predicted molar refractivity (Wildman–Crippen MR) is 109 cm³/mol. The number of ether oxygens (including phenoxy) is 1. The third-order valence-electron chi connectivity index (χ3n) is 5.08. The van der Waals surface area contributed by atoms with Gasteiger partial charge in [-0.1, -0.05) is 49.6 Å². The lowest BCUT2D eigenvalue weighted by Gasteiger charge is -2.26. The van der Waals surface area contributed by atoms with Gasteiger partial charge >= 0.3 is 5.97 Å². The molecule has 0 unspecified atom stereocenters. The lowest BCUT2D eigenvalue weighted by molar-refractivity contribution is -0.131. The molecule has 0 aliphatic heterocycles. The van der Waals surface area contributed by atoms with Gasteiger partial charge in [-0.15, -0.1) is 11.3 Å². The monoisotopic (exact) mass is 394 g/mol. The van der Waals surface area contributed by atoms with Gasteiger partial charge in [0.15, 0.2) is 0 Å². The summed E-state index contributed by atoms with van der Waals surface area (Å²) < 4.78 is 5.71. The standard InChI is InChI=1S/C22H22N2O3S/c25-21(24-16-9-2-1-3-10-16)20(27-22(26)18-12-6-14-28-18)17-11-4-7-15-8-5-13-23-19(15)17/h4-8,11-14,16,20H,1-3,9-10H2,(H,24,25)/t20-/m0/s1. The maximum Gasteiger partial charge on any atom is 0.349 e. The molecule has 6 heteroatoms. The van der Waals surface area contributed by atoms with Gasteiger partial charge in [-0.3, -0.25) is 9.78 Å². The highest BCUT2D eigenvalue weighted by molar-refractivity contribution is 7.11. The molecule has 0 spiro atoms. The Morgan fingerprint density at radius 3 is 2.68 bits per heavy atom. The third-order valence-corrected chi connectivity index (χ3v) is 5.93. The number of fused-ring (bicyclic) bond motifs is 1. The number of esters is 1. The van der Waals surface area contributed by atoms with Crippen molar-refractivity contribution < 1.29 is 14.3 Å². The fraction of sp³-hybridized carbons (Fsp3) is 0.318. The minimum absolute atomic E-state index is 0.132. The summed E-state index contributed by atoms with van der Waals surface area (Å²) in [5.41, 5.74) is 1.28. The van der Waals surface area contributed by atoms with Crippen molar-refractivity contribution in [1.29, 1.82) is 0 Å². The quantitative estimate of drug-likeness (QED) is 0.640. The Bertz CT molecular complexity index is 960. The number of thiophene rings is 1. The maximum absolute atomic E-state index is 13.1. The van der Waals surface area contributed by atoms with Crippen LogP contribution in [0.5, 0.6) is 0 Å². The summed E-state index contributed by atoms with van der Waals surface area (Å²) in [5, 5.41) is 5.81. The van der Waals surface area contributed by atoms with Crippen molar-refractivity contribution in [3.8, 4) is 0 Å². The molecule has 4 rings (SSSR count). The SMILES string of the molecule is O=C(O[C@H](C(=O)NC1CCCCC1)c1cccc2cccnc12)c1cccs1. The van der Waals surface area contributed by atoms with E-state index in [1.807, 2.05) is 35.7 Å². The molecular formula is C22H22N2O3S. The lowest BCUT2D eigenvalue weighted by Crippen LogP contribution is -2.40. The average Bonchev–Trinajstić information content (AvgIpc) is 3.27. The van der Waals surface area contributed by atoms with E-state index in [9.17, 15) is 9.59 Å². The van der Waals surface area contributed by atoms with Crippen molar-refractivity contribution >= 4 is 34.1 Å². The van der Waals surface area contributed by atoms with Crippen molar-refractivity contribution in [1.82, 2.24) is 10.3 Å². The first kappa shape index (κ1) is 18.6. The van der Waals surface area contributed by atoms with E-state index in [2.05, 4.69) is 10.3 Å². The number of hydrogen-bond acceptors (Lipinski definition) is 5. The first-order valence-electron chi connectivity index (χ1n) is 9.61. The second-order valence-corrected chi connectivity index (χ2v) is 7.98. The average molecular weight is 394 g/mol. The van der Waals surface area contributed by atoms with Crippen LogP contribution in [0.3, 0.4) is 0 Å². The molecule has 0 bridgehead atoms. The number of carbonyl (C=O) groups is 2. The van der Waals surface area contributed by atoms with Crippen LogP contribution in [0.25, 0.3) is 10.9 Å². The molecule has 144 valence electrons. The van der Waals surface area contributed by atoms with Crippen LogP contribution in [0.15, 0.2) is 54.0 Å². The summed E-state index contributed by atoms with van der Waals surface area (Å²) in [4.78, 5) is 30.7. The molecule has 28 heavy (non-hydrogen) atoms. The molecule has 1 saturated carbocycles. The van der Waals surface area contributed by atoms with Crippen LogP contribution in [0.4, 0.5) is 0 Å². The van der Waals surface area contributed by atoms with Crippen LogP contribution in [0.2, 0.25) is 0 Å². The third kappa shape index (κ3) is 4.07. The minimum atomic E-state index is -1.03. The molecule has 1 fully saturated rings. The second kappa shape index (κ2) is 8.52. The Labute approximate surface area is 167 Å². The van der Waals surface area contributed by atoms with Crippen molar-refractivity contribution in [2.24, 2.45) is 0 Å². The molecule has 0 radical (unpaired) electrons. The molecule has 2 heterocycles. The summed E-state index contributed by atoms with van der Waals surface area (Å²) >= 11 is 1.30. The van der Waals surface area contributed by atoms with Gasteiger partial charge in [-0.05, 0) is 30.4 Å². The summed E-state index contributed by atoms with van der Waals surface area (Å²) in [6, 6.07) is 13.0. The van der Waals surface area contributed by atoms with Gasteiger partial charge in [0.25, 0.3) is 5.91 Å². The topological polar surface area (TPSA) is 68.3 Å². The van der Waals surface area contributed by atoms with E-state index in [0.29, 0.717) is 16.0 Å². The summed E-state index contributed by atoms with van der Waals surface area (Å²) in [6.45, 7) is 0. The van der Waals surface area contributed by atoms with Gasteiger partial charge in [-0.25, -0.2) is 4.79 Å².